The highest BCUT2D eigenvalue weighted by atomic mass is 35.5. The molecule has 2 aliphatic heterocycles. The number of halogens is 1. The summed E-state index contributed by atoms with van der Waals surface area (Å²) < 4.78 is 17.0. The lowest BCUT2D eigenvalue weighted by atomic mass is 9.79. The molecule has 0 bridgehead atoms. The summed E-state index contributed by atoms with van der Waals surface area (Å²) in [7, 11) is 1.48. The number of cyclic esters (lactones) is 1. The number of carbonyl (C=O) groups excluding carboxylic acids is 2. The van der Waals surface area contributed by atoms with Gasteiger partial charge in [0.05, 0.1) is 24.9 Å². The van der Waals surface area contributed by atoms with Gasteiger partial charge in [0.2, 0.25) is 5.88 Å². The number of methoxy groups -OCH3 is 1. The van der Waals surface area contributed by atoms with Crippen LogP contribution < -0.4 is 14.8 Å². The van der Waals surface area contributed by atoms with Crippen LogP contribution in [-0.2, 0) is 11.3 Å². The Morgan fingerprint density at radius 2 is 2.06 bits per heavy atom. The molecule has 0 radical (unpaired) electrons. The minimum Gasteiger partial charge on any atom is -0.488 e. The number of aliphatic hydroxyl groups is 1. The number of amides is 2. The summed E-state index contributed by atoms with van der Waals surface area (Å²) in [5.74, 6) is 0.422. The van der Waals surface area contributed by atoms with Crippen molar-refractivity contribution >= 4 is 23.6 Å². The Hall–Kier alpha value is -3.04. The zero-order chi connectivity index (χ0) is 24.5. The van der Waals surface area contributed by atoms with Crippen LogP contribution in [0.2, 0.25) is 5.02 Å². The van der Waals surface area contributed by atoms with Crippen LogP contribution >= 0.6 is 11.6 Å². The van der Waals surface area contributed by atoms with Crippen molar-refractivity contribution in [2.45, 2.75) is 56.4 Å². The average molecular weight is 502 g/mol. The first kappa shape index (κ1) is 23.7. The van der Waals surface area contributed by atoms with Gasteiger partial charge in [-0.1, -0.05) is 23.7 Å². The molecule has 35 heavy (non-hydrogen) atoms. The molecule has 1 saturated carbocycles. The van der Waals surface area contributed by atoms with Crippen molar-refractivity contribution in [3.63, 3.8) is 0 Å². The highest BCUT2D eigenvalue weighted by molar-refractivity contribution is 6.30. The molecule has 1 aromatic heterocycles. The van der Waals surface area contributed by atoms with E-state index in [1.54, 1.807) is 23.1 Å². The van der Waals surface area contributed by atoms with Gasteiger partial charge in [0.25, 0.3) is 5.91 Å². The van der Waals surface area contributed by atoms with Crippen molar-refractivity contribution < 1.29 is 28.9 Å². The van der Waals surface area contributed by atoms with E-state index in [-0.39, 0.29) is 47.6 Å². The number of rotatable bonds is 7. The van der Waals surface area contributed by atoms with E-state index in [4.69, 9.17) is 25.8 Å². The molecule has 2 saturated heterocycles. The van der Waals surface area contributed by atoms with E-state index in [1.165, 1.54) is 7.11 Å². The van der Waals surface area contributed by atoms with Crippen molar-refractivity contribution in [3.8, 4) is 11.6 Å². The standard InChI is InChI=1S/C25H28ClN3O6/c1-33-24-20(23(31)27-12-14-2-4-16(26)5-3-14)11-21(22(28-24)15-8-18(30)9-15)35-19-6-7-29-17(10-19)13-34-25(29)32/h2-5,11,15,17-19,30H,6-10,12-13H2,1H3,(H,27,31)/t15?,17-,18?,19-/m0/s1. The number of nitrogens with one attached hydrogen (secondary N) is 1. The second kappa shape index (κ2) is 9.91. The fourth-order valence-corrected chi connectivity index (χ4v) is 4.96. The second-order valence-electron chi connectivity index (χ2n) is 9.25. The van der Waals surface area contributed by atoms with Crippen molar-refractivity contribution in [1.29, 1.82) is 0 Å². The van der Waals surface area contributed by atoms with Crippen LogP contribution in [0.25, 0.3) is 0 Å². The lowest BCUT2D eigenvalue weighted by molar-refractivity contribution is 0.0665. The van der Waals surface area contributed by atoms with Gasteiger partial charge in [0.1, 0.15) is 24.0 Å². The van der Waals surface area contributed by atoms with Crippen LogP contribution in [0.3, 0.4) is 0 Å². The van der Waals surface area contributed by atoms with Gasteiger partial charge in [0, 0.05) is 42.9 Å². The highest BCUT2D eigenvalue weighted by Crippen LogP contribution is 2.42. The van der Waals surface area contributed by atoms with Crippen LogP contribution in [0.4, 0.5) is 4.79 Å². The molecular weight excluding hydrogens is 474 g/mol. The molecule has 5 rings (SSSR count). The molecule has 0 spiro atoms. The maximum Gasteiger partial charge on any atom is 0.410 e. The number of benzene rings is 1. The molecule has 2 atom stereocenters. The number of hydrogen-bond acceptors (Lipinski definition) is 7. The molecule has 1 aromatic carbocycles. The van der Waals surface area contributed by atoms with E-state index in [9.17, 15) is 14.7 Å². The zero-order valence-corrected chi connectivity index (χ0v) is 20.2. The van der Waals surface area contributed by atoms with Crippen molar-refractivity contribution in [1.82, 2.24) is 15.2 Å². The number of hydrogen-bond donors (Lipinski definition) is 2. The summed E-state index contributed by atoms with van der Waals surface area (Å²) in [4.78, 5) is 31.3. The Morgan fingerprint density at radius 1 is 1.29 bits per heavy atom. The van der Waals surface area contributed by atoms with Crippen LogP contribution in [0.5, 0.6) is 11.6 Å². The van der Waals surface area contributed by atoms with Gasteiger partial charge >= 0.3 is 6.09 Å². The predicted molar refractivity (Wildman–Crippen MR) is 127 cm³/mol. The highest BCUT2D eigenvalue weighted by Gasteiger charge is 2.40. The molecule has 2 N–H and O–H groups in total. The van der Waals surface area contributed by atoms with Crippen LogP contribution in [-0.4, -0.2) is 65.5 Å². The summed E-state index contributed by atoms with van der Waals surface area (Å²) in [6.45, 7) is 1.24. The van der Waals surface area contributed by atoms with Gasteiger partial charge < -0.3 is 29.5 Å². The molecule has 2 aromatic rings. The van der Waals surface area contributed by atoms with Gasteiger partial charge in [-0.05, 0) is 30.5 Å². The summed E-state index contributed by atoms with van der Waals surface area (Å²) in [5.41, 5.74) is 1.87. The molecule has 3 aliphatic rings. The van der Waals surface area contributed by atoms with Crippen LogP contribution in [0.1, 0.15) is 53.2 Å². The van der Waals surface area contributed by atoms with E-state index in [1.807, 2.05) is 12.1 Å². The molecule has 3 fully saturated rings. The Labute approximate surface area is 208 Å². The molecule has 1 aliphatic carbocycles. The molecular formula is C25H28ClN3O6. The number of piperidine rings is 1. The Morgan fingerprint density at radius 3 is 2.77 bits per heavy atom. The van der Waals surface area contributed by atoms with E-state index >= 15 is 0 Å². The van der Waals surface area contributed by atoms with Crippen molar-refractivity contribution in [2.24, 2.45) is 0 Å². The average Bonchev–Trinajstić information content (AvgIpc) is 3.21. The summed E-state index contributed by atoms with van der Waals surface area (Å²) >= 11 is 5.94. The SMILES string of the molecule is COc1nc(C2CC(O)C2)c(O[C@H]2CCN3C(=O)OC[C@@H]3C2)cc1C(=O)NCc1ccc(Cl)cc1. The maximum atomic E-state index is 13.1. The van der Waals surface area contributed by atoms with Gasteiger partial charge in [-0.15, -0.1) is 0 Å². The first-order valence-electron chi connectivity index (χ1n) is 11.8. The van der Waals surface area contributed by atoms with Crippen LogP contribution in [0, 0.1) is 0 Å². The molecule has 186 valence electrons. The summed E-state index contributed by atoms with van der Waals surface area (Å²) in [5, 5.41) is 13.4. The predicted octanol–water partition coefficient (Wildman–Crippen LogP) is 3.27. The second-order valence-corrected chi connectivity index (χ2v) is 9.68. The minimum atomic E-state index is -0.368. The third-order valence-electron chi connectivity index (χ3n) is 6.88. The molecule has 0 unspecified atom stereocenters. The third-order valence-corrected chi connectivity index (χ3v) is 7.13. The smallest absolute Gasteiger partial charge is 0.410 e. The lowest BCUT2D eigenvalue weighted by Crippen LogP contribution is -2.44. The fourth-order valence-electron chi connectivity index (χ4n) is 4.84. The number of pyridine rings is 1. The monoisotopic (exact) mass is 501 g/mol. The number of aromatic nitrogens is 1. The number of fused-ring (bicyclic) bond motifs is 1. The van der Waals surface area contributed by atoms with Gasteiger partial charge in [0.15, 0.2) is 0 Å². The third kappa shape index (κ3) is 5.01. The normalized spacial score (nSPS) is 25.3. The van der Waals surface area contributed by atoms with Gasteiger partial charge in [-0.2, -0.15) is 0 Å². The fraction of sp³-hybridized carbons (Fsp3) is 0.480. The van der Waals surface area contributed by atoms with E-state index in [2.05, 4.69) is 10.3 Å². The summed E-state index contributed by atoms with van der Waals surface area (Å²) in [6.07, 6.45) is 1.67. The Balaban J connectivity index is 1.37. The first-order chi connectivity index (χ1) is 16.9. The van der Waals surface area contributed by atoms with Crippen molar-refractivity contribution in [2.75, 3.05) is 20.3 Å². The lowest BCUT2D eigenvalue weighted by Gasteiger charge is -2.35. The van der Waals surface area contributed by atoms with E-state index in [0.717, 1.165) is 5.56 Å². The quantitative estimate of drug-likeness (QED) is 0.599. The zero-order valence-electron chi connectivity index (χ0n) is 19.4. The number of aliphatic hydroxyl groups excluding tert-OH is 1. The largest absolute Gasteiger partial charge is 0.488 e. The van der Waals surface area contributed by atoms with Crippen molar-refractivity contribution in [3.05, 3.63) is 52.2 Å². The maximum absolute atomic E-state index is 13.1. The molecule has 3 heterocycles. The van der Waals surface area contributed by atoms with E-state index < -0.39 is 0 Å². The number of carbonyl (C=O) groups is 2. The van der Waals surface area contributed by atoms with E-state index in [0.29, 0.717) is 61.8 Å². The van der Waals surface area contributed by atoms with Gasteiger partial charge in [-0.3, -0.25) is 4.79 Å². The molecule has 10 heteroatoms. The number of ether oxygens (including phenoxy) is 3. The minimum absolute atomic E-state index is 0.0106. The topological polar surface area (TPSA) is 110 Å². The van der Waals surface area contributed by atoms with Crippen LogP contribution in [0.15, 0.2) is 30.3 Å². The first-order valence-corrected chi connectivity index (χ1v) is 12.2. The molecule has 2 amide bonds. The summed E-state index contributed by atoms with van der Waals surface area (Å²) in [6, 6.07) is 8.92. The molecule has 9 nitrogen and oxygen atoms in total. The van der Waals surface area contributed by atoms with Gasteiger partial charge in [-0.25, -0.2) is 9.78 Å². The number of nitrogens with zero attached hydrogens (tertiary/aromatic N) is 2. The Bertz CT molecular complexity index is 1110. The Kier molecular flexibility index (Phi) is 6.71.